The summed E-state index contributed by atoms with van der Waals surface area (Å²) in [5, 5.41) is 3.15. The molecule has 2 aromatic rings. The van der Waals surface area contributed by atoms with Gasteiger partial charge < -0.3 is 5.32 Å². The van der Waals surface area contributed by atoms with Crippen molar-refractivity contribution < 1.29 is 8.78 Å². The molecule has 0 aliphatic heterocycles. The van der Waals surface area contributed by atoms with Crippen LogP contribution in [0, 0.1) is 18.6 Å². The fourth-order valence-electron chi connectivity index (χ4n) is 1.69. The minimum Gasteiger partial charge on any atom is -0.355 e. The molecule has 5 heteroatoms. The molecule has 0 spiro atoms. The molecule has 0 aliphatic rings. The third-order valence-corrected chi connectivity index (χ3v) is 2.54. The Kier molecular flexibility index (Phi) is 3.60. The Labute approximate surface area is 104 Å². The molecule has 2 rings (SSSR count). The van der Waals surface area contributed by atoms with Gasteiger partial charge in [-0.25, -0.2) is 13.8 Å². The van der Waals surface area contributed by atoms with Crippen molar-refractivity contribution in [3.05, 3.63) is 41.7 Å². The maximum absolute atomic E-state index is 13.2. The van der Waals surface area contributed by atoms with Gasteiger partial charge in [0, 0.05) is 18.8 Å². The number of anilines is 1. The number of hydrogen-bond acceptors (Lipinski definition) is 2. The molecular weight excluding hydrogens is 236 g/mol. The normalized spacial score (nSPS) is 10.7. The van der Waals surface area contributed by atoms with Gasteiger partial charge in [-0.05, 0) is 25.5 Å². The molecule has 1 N–H and O–H groups in total. The van der Waals surface area contributed by atoms with Crippen molar-refractivity contribution in [1.29, 1.82) is 0 Å². The zero-order valence-corrected chi connectivity index (χ0v) is 10.4. The molecule has 0 saturated heterocycles. The average Bonchev–Trinajstić information content (AvgIpc) is 2.71. The summed E-state index contributed by atoms with van der Waals surface area (Å²) in [4.78, 5) is 4.31. The number of halogens is 2. The van der Waals surface area contributed by atoms with Crippen LogP contribution in [0.3, 0.4) is 0 Å². The molecule has 96 valence electrons. The first-order chi connectivity index (χ1) is 8.61. The predicted molar refractivity (Wildman–Crippen MR) is 67.0 cm³/mol. The summed E-state index contributed by atoms with van der Waals surface area (Å²) in [6.45, 7) is 4.68. The van der Waals surface area contributed by atoms with Crippen molar-refractivity contribution in [2.24, 2.45) is 0 Å². The largest absolute Gasteiger partial charge is 0.355 e. The molecule has 18 heavy (non-hydrogen) atoms. The van der Waals surface area contributed by atoms with E-state index in [2.05, 4.69) is 10.3 Å². The Morgan fingerprint density at radius 3 is 2.72 bits per heavy atom. The molecule has 0 aliphatic carbocycles. The number of imidazole rings is 1. The first-order valence-electron chi connectivity index (χ1n) is 5.87. The second-order valence-electron chi connectivity index (χ2n) is 4.10. The monoisotopic (exact) mass is 251 g/mol. The number of nitrogens with zero attached hydrogens (tertiary/aromatic N) is 2. The highest BCUT2D eigenvalue weighted by Crippen LogP contribution is 2.18. The van der Waals surface area contributed by atoms with Crippen molar-refractivity contribution >= 4 is 5.95 Å². The lowest BCUT2D eigenvalue weighted by Gasteiger charge is -2.09. The molecule has 0 radical (unpaired) electrons. The van der Waals surface area contributed by atoms with E-state index in [0.717, 1.165) is 30.8 Å². The van der Waals surface area contributed by atoms with E-state index in [9.17, 15) is 8.78 Å². The van der Waals surface area contributed by atoms with Crippen LogP contribution in [0.2, 0.25) is 0 Å². The van der Waals surface area contributed by atoms with Crippen molar-refractivity contribution in [1.82, 2.24) is 9.55 Å². The average molecular weight is 251 g/mol. The van der Waals surface area contributed by atoms with Crippen molar-refractivity contribution in [2.75, 3.05) is 11.9 Å². The lowest BCUT2D eigenvalue weighted by molar-refractivity contribution is 0.508. The van der Waals surface area contributed by atoms with Crippen LogP contribution in [0.1, 0.15) is 19.0 Å². The van der Waals surface area contributed by atoms with E-state index >= 15 is 0 Å². The van der Waals surface area contributed by atoms with Crippen LogP contribution in [0.15, 0.2) is 24.4 Å². The van der Waals surface area contributed by atoms with Crippen molar-refractivity contribution in [3.8, 4) is 5.69 Å². The second kappa shape index (κ2) is 5.16. The first kappa shape index (κ1) is 12.5. The second-order valence-corrected chi connectivity index (χ2v) is 4.10. The molecule has 0 atom stereocenters. The van der Waals surface area contributed by atoms with E-state index in [1.54, 1.807) is 10.8 Å². The van der Waals surface area contributed by atoms with Crippen LogP contribution < -0.4 is 5.32 Å². The Morgan fingerprint density at radius 1 is 1.28 bits per heavy atom. The van der Waals surface area contributed by atoms with E-state index < -0.39 is 11.6 Å². The smallest absolute Gasteiger partial charge is 0.207 e. The standard InChI is InChI=1S/C13H15F2N3/c1-3-6-16-13-17-9(2)8-18(13)10-4-5-11(14)12(15)7-10/h4-5,7-8H,3,6H2,1-2H3,(H,16,17). The van der Waals surface area contributed by atoms with E-state index in [-0.39, 0.29) is 0 Å². The molecule has 3 nitrogen and oxygen atoms in total. The molecule has 1 aromatic carbocycles. The number of rotatable bonds is 4. The zero-order valence-electron chi connectivity index (χ0n) is 10.4. The third-order valence-electron chi connectivity index (χ3n) is 2.54. The van der Waals surface area contributed by atoms with E-state index in [1.807, 2.05) is 13.8 Å². The minimum atomic E-state index is -0.861. The predicted octanol–water partition coefficient (Wildman–Crippen LogP) is 3.28. The summed E-state index contributed by atoms with van der Waals surface area (Å²) >= 11 is 0. The maximum atomic E-state index is 13.2. The minimum absolute atomic E-state index is 0.549. The Hall–Kier alpha value is -1.91. The van der Waals surface area contributed by atoms with Gasteiger partial charge in [0.1, 0.15) is 0 Å². The van der Waals surface area contributed by atoms with Crippen LogP contribution in [0.25, 0.3) is 5.69 Å². The highest BCUT2D eigenvalue weighted by atomic mass is 19.2. The topological polar surface area (TPSA) is 29.9 Å². The summed E-state index contributed by atoms with van der Waals surface area (Å²) in [5.41, 5.74) is 1.37. The fourth-order valence-corrected chi connectivity index (χ4v) is 1.69. The van der Waals surface area contributed by atoms with Crippen LogP contribution in [0.4, 0.5) is 14.7 Å². The number of nitrogens with one attached hydrogen (secondary N) is 1. The number of aromatic nitrogens is 2. The van der Waals surface area contributed by atoms with Crippen LogP contribution >= 0.6 is 0 Å². The SMILES string of the molecule is CCCNc1nc(C)cn1-c1ccc(F)c(F)c1. The summed E-state index contributed by atoms with van der Waals surface area (Å²) in [6.07, 6.45) is 2.74. The molecule has 1 heterocycles. The summed E-state index contributed by atoms with van der Waals surface area (Å²) < 4.78 is 27.8. The van der Waals surface area contributed by atoms with Gasteiger partial charge in [0.2, 0.25) is 5.95 Å². The quantitative estimate of drug-likeness (QED) is 0.903. The van der Waals surface area contributed by atoms with Gasteiger partial charge in [-0.3, -0.25) is 4.57 Å². The van der Waals surface area contributed by atoms with Gasteiger partial charge in [-0.1, -0.05) is 6.92 Å². The van der Waals surface area contributed by atoms with Gasteiger partial charge in [-0.2, -0.15) is 0 Å². The third kappa shape index (κ3) is 2.50. The Bertz CT molecular complexity index is 549. The fraction of sp³-hybridized carbons (Fsp3) is 0.308. The Morgan fingerprint density at radius 2 is 2.06 bits per heavy atom. The number of benzene rings is 1. The molecule has 0 amide bonds. The Balaban J connectivity index is 2.39. The van der Waals surface area contributed by atoms with Crippen LogP contribution in [0.5, 0.6) is 0 Å². The van der Waals surface area contributed by atoms with Gasteiger partial charge in [-0.15, -0.1) is 0 Å². The molecule has 1 aromatic heterocycles. The van der Waals surface area contributed by atoms with E-state index in [0.29, 0.717) is 11.6 Å². The van der Waals surface area contributed by atoms with Gasteiger partial charge in [0.05, 0.1) is 11.4 Å². The first-order valence-corrected chi connectivity index (χ1v) is 5.87. The summed E-state index contributed by atoms with van der Waals surface area (Å²) in [5.74, 6) is -1.07. The molecule has 0 bridgehead atoms. The van der Waals surface area contributed by atoms with Gasteiger partial charge in [0.25, 0.3) is 0 Å². The molecular formula is C13H15F2N3. The summed E-state index contributed by atoms with van der Waals surface area (Å²) in [6, 6.07) is 3.80. The number of aryl methyl sites for hydroxylation is 1. The van der Waals surface area contributed by atoms with E-state index in [1.165, 1.54) is 6.07 Å². The van der Waals surface area contributed by atoms with Crippen molar-refractivity contribution in [2.45, 2.75) is 20.3 Å². The molecule has 0 saturated carbocycles. The van der Waals surface area contributed by atoms with Crippen molar-refractivity contribution in [3.63, 3.8) is 0 Å². The zero-order chi connectivity index (χ0) is 13.1. The van der Waals surface area contributed by atoms with E-state index in [4.69, 9.17) is 0 Å². The maximum Gasteiger partial charge on any atom is 0.207 e. The number of hydrogen-bond donors (Lipinski definition) is 1. The van der Waals surface area contributed by atoms with Crippen LogP contribution in [-0.2, 0) is 0 Å². The summed E-state index contributed by atoms with van der Waals surface area (Å²) in [7, 11) is 0. The lowest BCUT2D eigenvalue weighted by Crippen LogP contribution is -2.07. The van der Waals surface area contributed by atoms with Crippen LogP contribution in [-0.4, -0.2) is 16.1 Å². The van der Waals surface area contributed by atoms with Gasteiger partial charge in [0.15, 0.2) is 11.6 Å². The van der Waals surface area contributed by atoms with Gasteiger partial charge >= 0.3 is 0 Å². The molecule has 0 unspecified atom stereocenters. The molecule has 0 fully saturated rings. The lowest BCUT2D eigenvalue weighted by atomic mass is 10.3. The highest BCUT2D eigenvalue weighted by molar-refractivity contribution is 5.43. The highest BCUT2D eigenvalue weighted by Gasteiger charge is 2.09.